The van der Waals surface area contributed by atoms with Gasteiger partial charge in [0.1, 0.15) is 18.2 Å². The summed E-state index contributed by atoms with van der Waals surface area (Å²) in [6, 6.07) is 6.73. The van der Waals surface area contributed by atoms with Gasteiger partial charge in [-0.2, -0.15) is 0 Å². The first-order valence-corrected chi connectivity index (χ1v) is 13.7. The predicted octanol–water partition coefficient (Wildman–Crippen LogP) is 1.99. The van der Waals surface area contributed by atoms with E-state index in [1.165, 1.54) is 11.8 Å². The minimum atomic E-state index is -0.963. The number of para-hydroxylation sites is 1. The number of hydrogen-bond acceptors (Lipinski definition) is 7. The molecule has 3 aliphatic rings. The van der Waals surface area contributed by atoms with Gasteiger partial charge >= 0.3 is 5.97 Å². The number of carboxylic acid groups (broad SMARTS) is 1. The van der Waals surface area contributed by atoms with Crippen LogP contribution in [-0.4, -0.2) is 88.5 Å². The molecular weight excluding hydrogens is 494 g/mol. The molecule has 1 aromatic carbocycles. The number of nitrogens with zero attached hydrogens (tertiary/aromatic N) is 5. The van der Waals surface area contributed by atoms with Crippen LogP contribution in [0.5, 0.6) is 0 Å². The van der Waals surface area contributed by atoms with Gasteiger partial charge in [-0.15, -0.1) is 23.4 Å². The normalized spacial score (nSPS) is 30.2. The lowest BCUT2D eigenvalue weighted by Crippen LogP contribution is -2.57. The summed E-state index contributed by atoms with van der Waals surface area (Å²) in [4.78, 5) is 43.9. The van der Waals surface area contributed by atoms with E-state index in [-0.39, 0.29) is 42.8 Å². The summed E-state index contributed by atoms with van der Waals surface area (Å²) >= 11 is 1.54. The van der Waals surface area contributed by atoms with Gasteiger partial charge in [-0.3, -0.25) is 14.4 Å². The van der Waals surface area contributed by atoms with E-state index in [1.807, 2.05) is 31.2 Å². The number of carbonyl (C=O) groups is 3. The summed E-state index contributed by atoms with van der Waals surface area (Å²) < 4.78 is 0.875. The van der Waals surface area contributed by atoms with Crippen molar-refractivity contribution in [3.05, 3.63) is 36.9 Å². The molecule has 10 nitrogen and oxygen atoms in total. The van der Waals surface area contributed by atoms with Crippen molar-refractivity contribution in [3.8, 4) is 0 Å². The van der Waals surface area contributed by atoms with E-state index in [1.54, 1.807) is 20.6 Å². The molecule has 5 rings (SSSR count). The summed E-state index contributed by atoms with van der Waals surface area (Å²) in [5.41, 5.74) is 1.51. The molecule has 2 N–H and O–H groups in total. The molecule has 1 spiro atoms. The van der Waals surface area contributed by atoms with E-state index in [0.717, 1.165) is 11.0 Å². The third-order valence-corrected chi connectivity index (χ3v) is 10.3. The Morgan fingerprint density at radius 3 is 2.81 bits per heavy atom. The standard InChI is InChI=1S/C26H33N5O5S/c1-3-11-29(15-31-18-10-6-5-9-17(18)27-28-31)24(34)22-26-16(2)14-19(37-26)20(25(35)36)21(26)23(33)30(22)12-7-4-8-13-32/h3,5-6,9-10,16,19-22,32H,1,4,7-8,11-15H2,2H3,(H,35,36)/t16?,19-,20+,21-,22?,26?/m0/s1. The molecule has 37 heavy (non-hydrogen) atoms. The van der Waals surface area contributed by atoms with Crippen molar-refractivity contribution in [3.63, 3.8) is 0 Å². The van der Waals surface area contributed by atoms with E-state index in [2.05, 4.69) is 16.9 Å². The lowest BCUT2D eigenvalue weighted by molar-refractivity contribution is -0.149. The summed E-state index contributed by atoms with van der Waals surface area (Å²) in [6.07, 6.45) is 4.28. The van der Waals surface area contributed by atoms with Crippen molar-refractivity contribution >= 4 is 40.6 Å². The van der Waals surface area contributed by atoms with Crippen LogP contribution in [0, 0.1) is 17.8 Å². The Kier molecular flexibility index (Phi) is 7.01. The summed E-state index contributed by atoms with van der Waals surface area (Å²) in [6.45, 7) is 6.70. The summed E-state index contributed by atoms with van der Waals surface area (Å²) in [5, 5.41) is 27.5. The molecule has 1 aromatic heterocycles. The highest BCUT2D eigenvalue weighted by atomic mass is 32.2. The first kappa shape index (κ1) is 25.7. The first-order chi connectivity index (χ1) is 17.8. The lowest BCUT2D eigenvalue weighted by atomic mass is 9.66. The van der Waals surface area contributed by atoms with Crippen LogP contribution < -0.4 is 0 Å². The third-order valence-electron chi connectivity index (χ3n) is 8.21. The second-order valence-electron chi connectivity index (χ2n) is 10.3. The van der Waals surface area contributed by atoms with Gasteiger partial charge in [0.2, 0.25) is 11.8 Å². The van der Waals surface area contributed by atoms with Crippen LogP contribution in [-0.2, 0) is 21.1 Å². The highest BCUT2D eigenvalue weighted by Crippen LogP contribution is 2.68. The van der Waals surface area contributed by atoms with Crippen LogP contribution in [0.3, 0.4) is 0 Å². The smallest absolute Gasteiger partial charge is 0.308 e. The molecule has 6 atom stereocenters. The van der Waals surface area contributed by atoms with Crippen LogP contribution >= 0.6 is 11.8 Å². The zero-order chi connectivity index (χ0) is 26.3. The second kappa shape index (κ2) is 10.1. The molecule has 2 amide bonds. The van der Waals surface area contributed by atoms with Crippen molar-refractivity contribution in [1.82, 2.24) is 24.8 Å². The van der Waals surface area contributed by atoms with E-state index >= 15 is 0 Å². The molecule has 3 aliphatic heterocycles. The highest BCUT2D eigenvalue weighted by Gasteiger charge is 2.76. The highest BCUT2D eigenvalue weighted by molar-refractivity contribution is 8.02. The minimum absolute atomic E-state index is 0.0150. The molecule has 3 unspecified atom stereocenters. The molecule has 4 heterocycles. The van der Waals surface area contributed by atoms with Gasteiger partial charge in [-0.05, 0) is 43.7 Å². The topological polar surface area (TPSA) is 129 Å². The van der Waals surface area contributed by atoms with Gasteiger partial charge in [0.25, 0.3) is 0 Å². The zero-order valence-electron chi connectivity index (χ0n) is 20.9. The lowest BCUT2D eigenvalue weighted by Gasteiger charge is -2.40. The van der Waals surface area contributed by atoms with Crippen LogP contribution in [0.15, 0.2) is 36.9 Å². The molecule has 0 saturated carbocycles. The van der Waals surface area contributed by atoms with Gasteiger partial charge in [0.15, 0.2) is 0 Å². The number of aliphatic hydroxyl groups excluding tert-OH is 1. The summed E-state index contributed by atoms with van der Waals surface area (Å²) in [7, 11) is 0. The van der Waals surface area contributed by atoms with Crippen molar-refractivity contribution in [2.45, 2.75) is 55.3 Å². The SMILES string of the molecule is C=CCN(Cn1nnc2ccccc21)C(=O)C1N(CCCCCO)C(=O)[C@@H]2[C@H](C(=O)O)[C@@H]3CC(C)C12S3. The quantitative estimate of drug-likeness (QED) is 0.335. The number of carboxylic acids is 1. The average Bonchev–Trinajstić information content (AvgIpc) is 3.59. The van der Waals surface area contributed by atoms with E-state index in [0.29, 0.717) is 32.2 Å². The molecule has 198 valence electrons. The Labute approximate surface area is 219 Å². The Hall–Kier alpha value is -2.92. The van der Waals surface area contributed by atoms with E-state index in [4.69, 9.17) is 0 Å². The molecule has 0 radical (unpaired) electrons. The van der Waals surface area contributed by atoms with Crippen LogP contribution in [0.25, 0.3) is 11.0 Å². The van der Waals surface area contributed by atoms with E-state index < -0.39 is 28.6 Å². The number of aliphatic carboxylic acids is 1. The van der Waals surface area contributed by atoms with Crippen molar-refractivity contribution in [2.24, 2.45) is 17.8 Å². The Morgan fingerprint density at radius 1 is 1.30 bits per heavy atom. The maximum atomic E-state index is 14.4. The van der Waals surface area contributed by atoms with Gasteiger partial charge in [0, 0.05) is 24.9 Å². The van der Waals surface area contributed by atoms with Crippen molar-refractivity contribution < 1.29 is 24.6 Å². The Balaban J connectivity index is 1.52. The number of hydrogen-bond donors (Lipinski definition) is 2. The van der Waals surface area contributed by atoms with Crippen molar-refractivity contribution in [2.75, 3.05) is 19.7 Å². The van der Waals surface area contributed by atoms with Crippen LogP contribution in [0.4, 0.5) is 0 Å². The number of carbonyl (C=O) groups excluding carboxylic acids is 2. The van der Waals surface area contributed by atoms with Crippen molar-refractivity contribution in [1.29, 1.82) is 0 Å². The number of benzene rings is 1. The number of unbranched alkanes of at least 4 members (excludes halogenated alkanes) is 2. The van der Waals surface area contributed by atoms with Gasteiger partial charge < -0.3 is 20.0 Å². The zero-order valence-corrected chi connectivity index (χ0v) is 21.7. The molecule has 3 saturated heterocycles. The maximum absolute atomic E-state index is 14.4. The average molecular weight is 528 g/mol. The van der Waals surface area contributed by atoms with Crippen LogP contribution in [0.1, 0.15) is 32.6 Å². The fraction of sp³-hybridized carbons (Fsp3) is 0.577. The van der Waals surface area contributed by atoms with Crippen LogP contribution in [0.2, 0.25) is 0 Å². The number of amides is 2. The monoisotopic (exact) mass is 527 g/mol. The molecule has 11 heteroatoms. The fourth-order valence-electron chi connectivity index (χ4n) is 6.62. The number of likely N-dealkylation sites (tertiary alicyclic amines) is 1. The number of aliphatic hydroxyl groups is 1. The Morgan fingerprint density at radius 2 is 2.08 bits per heavy atom. The minimum Gasteiger partial charge on any atom is -0.481 e. The molecule has 0 aliphatic carbocycles. The van der Waals surface area contributed by atoms with E-state index in [9.17, 15) is 24.6 Å². The second-order valence-corrected chi connectivity index (χ2v) is 11.8. The molecule has 2 aromatic rings. The number of thioether (sulfide) groups is 1. The molecule has 3 fully saturated rings. The fourth-order valence-corrected chi connectivity index (χ4v) is 9.03. The molecule has 2 bridgehead atoms. The largest absolute Gasteiger partial charge is 0.481 e. The first-order valence-electron chi connectivity index (χ1n) is 12.8. The predicted molar refractivity (Wildman–Crippen MR) is 138 cm³/mol. The third kappa shape index (κ3) is 4.03. The Bertz CT molecular complexity index is 1220. The number of aromatic nitrogens is 3. The van der Waals surface area contributed by atoms with Gasteiger partial charge in [-0.25, -0.2) is 4.68 Å². The molecular formula is C26H33N5O5S. The van der Waals surface area contributed by atoms with Gasteiger partial charge in [-0.1, -0.05) is 30.3 Å². The van der Waals surface area contributed by atoms with Gasteiger partial charge in [0.05, 0.1) is 22.1 Å². The number of fused-ring (bicyclic) bond motifs is 2. The number of rotatable bonds is 11. The summed E-state index contributed by atoms with van der Waals surface area (Å²) in [5.74, 6) is -2.92. The maximum Gasteiger partial charge on any atom is 0.308 e.